The molecule has 7 heteroatoms. The van der Waals surface area contributed by atoms with Crippen molar-refractivity contribution < 1.29 is 9.59 Å². The monoisotopic (exact) mass is 347 g/mol. The Labute approximate surface area is 150 Å². The largest absolute Gasteiger partial charge is 0.366 e. The van der Waals surface area contributed by atoms with Gasteiger partial charge in [0.25, 0.3) is 5.91 Å². The molecular formula is C19H17N5O2. The van der Waals surface area contributed by atoms with Crippen molar-refractivity contribution in [1.29, 1.82) is 0 Å². The summed E-state index contributed by atoms with van der Waals surface area (Å²) in [6.45, 7) is 0.392. The summed E-state index contributed by atoms with van der Waals surface area (Å²) < 4.78 is 1.75. The number of para-hydroxylation sites is 2. The zero-order valence-electron chi connectivity index (χ0n) is 14.1. The fourth-order valence-electron chi connectivity index (χ4n) is 3.07. The maximum atomic E-state index is 13.2. The summed E-state index contributed by atoms with van der Waals surface area (Å²) in [7, 11) is 1.86. The zero-order chi connectivity index (χ0) is 18.3. The minimum atomic E-state index is -0.520. The van der Waals surface area contributed by atoms with E-state index in [0.29, 0.717) is 17.7 Å². The van der Waals surface area contributed by atoms with Gasteiger partial charge in [0.1, 0.15) is 5.82 Å². The summed E-state index contributed by atoms with van der Waals surface area (Å²) in [6.07, 6.45) is 1.75. The Morgan fingerprint density at radius 1 is 1.08 bits per heavy atom. The maximum absolute atomic E-state index is 13.2. The van der Waals surface area contributed by atoms with Crippen LogP contribution in [0.3, 0.4) is 0 Å². The van der Waals surface area contributed by atoms with Gasteiger partial charge in [0.05, 0.1) is 24.1 Å². The number of amides is 2. The van der Waals surface area contributed by atoms with Gasteiger partial charge in [-0.2, -0.15) is 5.10 Å². The van der Waals surface area contributed by atoms with Crippen molar-refractivity contribution in [1.82, 2.24) is 9.78 Å². The molecule has 2 amide bonds. The van der Waals surface area contributed by atoms with E-state index in [9.17, 15) is 9.59 Å². The van der Waals surface area contributed by atoms with Crippen molar-refractivity contribution in [3.8, 4) is 0 Å². The van der Waals surface area contributed by atoms with Crippen LogP contribution in [-0.4, -0.2) is 21.6 Å². The van der Waals surface area contributed by atoms with Gasteiger partial charge in [0.15, 0.2) is 0 Å². The van der Waals surface area contributed by atoms with Crippen LogP contribution in [0, 0.1) is 0 Å². The standard InChI is InChI=1S/C19H17N5O2/c1-23-18-14(10-21-23)11-24(16-5-3-2-4-15(16)22-18)19(26)13-8-6-12(7-9-13)17(20)25/h2-10,22H,11H2,1H3,(H2,20,25). The van der Waals surface area contributed by atoms with E-state index in [0.717, 1.165) is 22.8 Å². The first-order valence-electron chi connectivity index (χ1n) is 8.13. The summed E-state index contributed by atoms with van der Waals surface area (Å²) in [5.74, 6) is 0.178. The third kappa shape index (κ3) is 2.59. The maximum Gasteiger partial charge on any atom is 0.258 e. The van der Waals surface area contributed by atoms with E-state index in [1.807, 2.05) is 31.3 Å². The molecule has 1 aliphatic heterocycles. The lowest BCUT2D eigenvalue weighted by atomic mass is 10.1. The number of fused-ring (bicyclic) bond motifs is 2. The first kappa shape index (κ1) is 15.9. The molecule has 0 radical (unpaired) electrons. The van der Waals surface area contributed by atoms with Crippen LogP contribution in [0.15, 0.2) is 54.7 Å². The number of hydrogen-bond acceptors (Lipinski definition) is 4. The lowest BCUT2D eigenvalue weighted by Crippen LogP contribution is -2.30. The molecule has 7 nitrogen and oxygen atoms in total. The molecule has 4 rings (SSSR count). The number of hydrogen-bond donors (Lipinski definition) is 2. The number of rotatable bonds is 2. The number of primary amides is 1. The van der Waals surface area contributed by atoms with Gasteiger partial charge in [-0.1, -0.05) is 12.1 Å². The minimum absolute atomic E-state index is 0.160. The summed E-state index contributed by atoms with van der Waals surface area (Å²) in [5.41, 5.74) is 8.66. The molecule has 0 atom stereocenters. The lowest BCUT2D eigenvalue weighted by molar-refractivity contribution is 0.0979. The van der Waals surface area contributed by atoms with E-state index >= 15 is 0 Å². The van der Waals surface area contributed by atoms with Crippen molar-refractivity contribution in [2.75, 3.05) is 10.2 Å². The topological polar surface area (TPSA) is 93.2 Å². The molecule has 0 saturated carbocycles. The Hall–Kier alpha value is -3.61. The number of nitrogens with two attached hydrogens (primary N) is 1. The lowest BCUT2D eigenvalue weighted by Gasteiger charge is -2.22. The molecule has 2 heterocycles. The highest BCUT2D eigenvalue weighted by atomic mass is 16.2. The van der Waals surface area contributed by atoms with Crippen LogP contribution in [-0.2, 0) is 13.6 Å². The van der Waals surface area contributed by atoms with E-state index in [4.69, 9.17) is 5.73 Å². The third-order valence-electron chi connectivity index (χ3n) is 4.45. The molecule has 0 aliphatic carbocycles. The highest BCUT2D eigenvalue weighted by Gasteiger charge is 2.26. The van der Waals surface area contributed by atoms with Gasteiger partial charge < -0.3 is 16.0 Å². The Morgan fingerprint density at radius 2 is 1.77 bits per heavy atom. The number of nitrogens with zero attached hydrogens (tertiary/aromatic N) is 3. The molecule has 3 aromatic rings. The molecule has 2 aromatic carbocycles. The predicted octanol–water partition coefficient (Wildman–Crippen LogP) is 2.42. The van der Waals surface area contributed by atoms with Gasteiger partial charge in [0.2, 0.25) is 5.91 Å². The Morgan fingerprint density at radius 3 is 2.50 bits per heavy atom. The number of benzene rings is 2. The average Bonchev–Trinajstić information content (AvgIpc) is 2.90. The molecule has 0 saturated heterocycles. The first-order valence-corrected chi connectivity index (χ1v) is 8.13. The van der Waals surface area contributed by atoms with Crippen molar-refractivity contribution in [2.24, 2.45) is 12.8 Å². The molecule has 0 unspecified atom stereocenters. The number of carbonyl (C=O) groups is 2. The SMILES string of the molecule is Cn1ncc2c1Nc1ccccc1N(C(=O)c1ccc(C(N)=O)cc1)C2. The van der Waals surface area contributed by atoms with E-state index in [-0.39, 0.29) is 5.91 Å². The highest BCUT2D eigenvalue weighted by Crippen LogP contribution is 2.36. The summed E-state index contributed by atoms with van der Waals surface area (Å²) in [5, 5.41) is 7.63. The Kier molecular flexibility index (Phi) is 3.69. The van der Waals surface area contributed by atoms with Crippen LogP contribution in [0.4, 0.5) is 17.2 Å². The van der Waals surface area contributed by atoms with Crippen LogP contribution >= 0.6 is 0 Å². The van der Waals surface area contributed by atoms with Crippen molar-refractivity contribution in [3.05, 3.63) is 71.4 Å². The van der Waals surface area contributed by atoms with Gasteiger partial charge >= 0.3 is 0 Å². The van der Waals surface area contributed by atoms with Gasteiger partial charge in [-0.25, -0.2) is 0 Å². The van der Waals surface area contributed by atoms with Crippen LogP contribution in [0.2, 0.25) is 0 Å². The summed E-state index contributed by atoms with van der Waals surface area (Å²) in [6, 6.07) is 14.0. The molecule has 0 bridgehead atoms. The van der Waals surface area contributed by atoms with Gasteiger partial charge in [-0.15, -0.1) is 0 Å². The smallest absolute Gasteiger partial charge is 0.258 e. The fourth-order valence-corrected chi connectivity index (χ4v) is 3.07. The second-order valence-electron chi connectivity index (χ2n) is 6.12. The van der Waals surface area contributed by atoms with Crippen molar-refractivity contribution >= 4 is 29.0 Å². The second kappa shape index (κ2) is 6.03. The van der Waals surface area contributed by atoms with Crippen molar-refractivity contribution in [2.45, 2.75) is 6.54 Å². The zero-order valence-corrected chi connectivity index (χ0v) is 14.1. The van der Waals surface area contributed by atoms with E-state index in [2.05, 4.69) is 10.4 Å². The van der Waals surface area contributed by atoms with Gasteiger partial charge in [-0.05, 0) is 36.4 Å². The quantitative estimate of drug-likeness (QED) is 0.744. The molecule has 26 heavy (non-hydrogen) atoms. The molecule has 1 aliphatic rings. The molecular weight excluding hydrogens is 330 g/mol. The van der Waals surface area contributed by atoms with E-state index < -0.39 is 5.91 Å². The Balaban J connectivity index is 1.77. The number of carbonyl (C=O) groups excluding carboxylic acids is 2. The number of anilines is 3. The first-order chi connectivity index (χ1) is 12.5. The van der Waals surface area contributed by atoms with Crippen LogP contribution in [0.5, 0.6) is 0 Å². The van der Waals surface area contributed by atoms with Gasteiger partial charge in [0, 0.05) is 23.7 Å². The fraction of sp³-hybridized carbons (Fsp3) is 0.105. The molecule has 0 spiro atoms. The van der Waals surface area contributed by atoms with Crippen molar-refractivity contribution in [3.63, 3.8) is 0 Å². The highest BCUT2D eigenvalue weighted by molar-refractivity contribution is 6.08. The minimum Gasteiger partial charge on any atom is -0.366 e. The van der Waals surface area contributed by atoms with Crippen LogP contribution < -0.4 is 16.0 Å². The Bertz CT molecular complexity index is 1010. The average molecular weight is 347 g/mol. The second-order valence-corrected chi connectivity index (χ2v) is 6.12. The van der Waals surface area contributed by atoms with E-state index in [1.54, 1.807) is 40.0 Å². The van der Waals surface area contributed by atoms with Crippen LogP contribution in [0.1, 0.15) is 26.3 Å². The molecule has 130 valence electrons. The van der Waals surface area contributed by atoms with Crippen LogP contribution in [0.25, 0.3) is 0 Å². The van der Waals surface area contributed by atoms with E-state index in [1.165, 1.54) is 0 Å². The predicted molar refractivity (Wildman–Crippen MR) is 98.4 cm³/mol. The number of aromatic nitrogens is 2. The number of aryl methyl sites for hydroxylation is 1. The normalized spacial score (nSPS) is 12.6. The summed E-state index contributed by atoms with van der Waals surface area (Å²) in [4.78, 5) is 26.1. The number of nitrogens with one attached hydrogen (secondary N) is 1. The molecule has 3 N–H and O–H groups in total. The molecule has 0 fully saturated rings. The molecule has 1 aromatic heterocycles. The van der Waals surface area contributed by atoms with Gasteiger partial charge in [-0.3, -0.25) is 14.3 Å². The third-order valence-corrected chi connectivity index (χ3v) is 4.45. The summed E-state index contributed by atoms with van der Waals surface area (Å²) >= 11 is 0.